The molecule has 0 amide bonds. The second-order valence-corrected chi connectivity index (χ2v) is 8.06. The van der Waals surface area contributed by atoms with Crippen molar-refractivity contribution < 1.29 is 4.79 Å². The van der Waals surface area contributed by atoms with Crippen molar-refractivity contribution in [3.05, 3.63) is 0 Å². The number of carbonyl (C=O) groups excluding carboxylic acids is 1. The molecule has 4 fully saturated rings. The average Bonchev–Trinajstić information content (AvgIpc) is 2.56. The van der Waals surface area contributed by atoms with E-state index in [1.54, 1.807) is 0 Å². The molecule has 118 valence electrons. The van der Waals surface area contributed by atoms with Gasteiger partial charge in [-0.25, -0.2) is 0 Å². The molecule has 4 aliphatic rings. The Kier molecular flexibility index (Phi) is 4.08. The molecule has 0 aromatic heterocycles. The van der Waals surface area contributed by atoms with Gasteiger partial charge in [0.2, 0.25) is 0 Å². The lowest BCUT2D eigenvalue weighted by Gasteiger charge is -2.56. The van der Waals surface area contributed by atoms with Crippen molar-refractivity contribution in [2.24, 2.45) is 11.8 Å². The predicted octanol–water partition coefficient (Wildman–Crippen LogP) is 4.32. The topological polar surface area (TPSA) is 20.3 Å². The second-order valence-electron chi connectivity index (χ2n) is 8.06. The largest absolute Gasteiger partial charge is 0.299 e. The van der Waals surface area contributed by atoms with E-state index in [0.29, 0.717) is 29.7 Å². The number of Topliss-reactive ketones (excluding diaryl/α,β-unsaturated/α-hetero) is 1. The summed E-state index contributed by atoms with van der Waals surface area (Å²) >= 11 is 0. The van der Waals surface area contributed by atoms with Crippen LogP contribution in [-0.2, 0) is 4.79 Å². The zero-order valence-electron chi connectivity index (χ0n) is 13.4. The number of fused-ring (bicyclic) bond motifs is 2. The number of nitrogens with zero attached hydrogens (tertiary/aromatic N) is 1. The quantitative estimate of drug-likeness (QED) is 0.716. The molecule has 0 bridgehead atoms. The molecule has 4 unspecified atom stereocenters. The highest BCUT2D eigenvalue weighted by Crippen LogP contribution is 2.45. The van der Waals surface area contributed by atoms with Gasteiger partial charge in [-0.1, -0.05) is 44.9 Å². The summed E-state index contributed by atoms with van der Waals surface area (Å²) in [6.07, 6.45) is 17.4. The maximum Gasteiger partial charge on any atom is 0.142 e. The summed E-state index contributed by atoms with van der Waals surface area (Å²) in [4.78, 5) is 15.9. The molecule has 2 heteroatoms. The van der Waals surface area contributed by atoms with Gasteiger partial charge in [-0.3, -0.25) is 9.69 Å². The lowest BCUT2D eigenvalue weighted by atomic mass is 9.66. The first-order chi connectivity index (χ1) is 10.4. The lowest BCUT2D eigenvalue weighted by Crippen LogP contribution is -2.64. The number of ketones is 1. The molecule has 0 spiro atoms. The third kappa shape index (κ3) is 2.48. The van der Waals surface area contributed by atoms with Crippen LogP contribution in [0.15, 0.2) is 0 Å². The summed E-state index contributed by atoms with van der Waals surface area (Å²) in [6, 6.07) is 2.05. The highest BCUT2D eigenvalue weighted by molar-refractivity contribution is 5.86. The van der Waals surface area contributed by atoms with E-state index in [9.17, 15) is 4.79 Å². The molecule has 4 atom stereocenters. The van der Waals surface area contributed by atoms with Crippen LogP contribution in [-0.4, -0.2) is 28.8 Å². The molecule has 3 saturated carbocycles. The van der Waals surface area contributed by atoms with Crippen molar-refractivity contribution >= 4 is 5.78 Å². The van der Waals surface area contributed by atoms with Crippen LogP contribution < -0.4 is 0 Å². The number of likely N-dealkylation sites (tertiary alicyclic amines) is 1. The smallest absolute Gasteiger partial charge is 0.142 e. The van der Waals surface area contributed by atoms with E-state index in [1.807, 2.05) is 0 Å². The normalized spacial score (nSPS) is 42.4. The maximum absolute atomic E-state index is 13.0. The maximum atomic E-state index is 13.0. The molecule has 1 heterocycles. The van der Waals surface area contributed by atoms with Gasteiger partial charge in [0, 0.05) is 30.0 Å². The molecule has 0 aromatic carbocycles. The highest BCUT2D eigenvalue weighted by Gasteiger charge is 2.51. The minimum atomic E-state index is 0.403. The monoisotopic (exact) mass is 289 g/mol. The van der Waals surface area contributed by atoms with Gasteiger partial charge in [-0.2, -0.15) is 0 Å². The van der Waals surface area contributed by atoms with Crippen molar-refractivity contribution in [3.8, 4) is 0 Å². The molecule has 1 saturated heterocycles. The summed E-state index contributed by atoms with van der Waals surface area (Å²) in [5.74, 6) is 1.48. The van der Waals surface area contributed by atoms with Gasteiger partial charge in [0.05, 0.1) is 0 Å². The fraction of sp³-hybridized carbons (Fsp3) is 0.947. The van der Waals surface area contributed by atoms with E-state index in [4.69, 9.17) is 0 Å². The van der Waals surface area contributed by atoms with Crippen LogP contribution in [0.4, 0.5) is 0 Å². The van der Waals surface area contributed by atoms with Crippen molar-refractivity contribution in [2.75, 3.05) is 0 Å². The number of piperidine rings is 1. The SMILES string of the molecule is O=C1C2CCCCC2N(C2CCCCC2)C2CCCCC12. The summed E-state index contributed by atoms with van der Waals surface area (Å²) in [5, 5.41) is 0. The van der Waals surface area contributed by atoms with E-state index in [0.717, 1.165) is 6.04 Å². The minimum Gasteiger partial charge on any atom is -0.299 e. The summed E-state index contributed by atoms with van der Waals surface area (Å²) in [6.45, 7) is 0. The highest BCUT2D eigenvalue weighted by atomic mass is 16.1. The van der Waals surface area contributed by atoms with Crippen LogP contribution in [0.2, 0.25) is 0 Å². The fourth-order valence-corrected chi connectivity index (χ4v) is 6.04. The Balaban J connectivity index is 1.64. The molecule has 0 radical (unpaired) electrons. The van der Waals surface area contributed by atoms with Gasteiger partial charge in [-0.15, -0.1) is 0 Å². The fourth-order valence-electron chi connectivity index (χ4n) is 6.04. The van der Waals surface area contributed by atoms with Crippen LogP contribution in [0.1, 0.15) is 83.5 Å². The zero-order chi connectivity index (χ0) is 14.2. The summed E-state index contributed by atoms with van der Waals surface area (Å²) in [7, 11) is 0. The van der Waals surface area contributed by atoms with Crippen molar-refractivity contribution in [3.63, 3.8) is 0 Å². The zero-order valence-corrected chi connectivity index (χ0v) is 13.4. The van der Waals surface area contributed by atoms with Crippen LogP contribution in [0.3, 0.4) is 0 Å². The van der Waals surface area contributed by atoms with E-state index < -0.39 is 0 Å². The van der Waals surface area contributed by atoms with Gasteiger partial charge in [0.15, 0.2) is 0 Å². The van der Waals surface area contributed by atoms with Gasteiger partial charge < -0.3 is 0 Å². The first kappa shape index (κ1) is 14.2. The predicted molar refractivity (Wildman–Crippen MR) is 85.2 cm³/mol. The Morgan fingerprint density at radius 1 is 0.619 bits per heavy atom. The Morgan fingerprint density at radius 3 is 1.67 bits per heavy atom. The molecule has 4 rings (SSSR count). The molecule has 1 aliphatic heterocycles. The molecule has 2 nitrogen and oxygen atoms in total. The third-order valence-electron chi connectivity index (χ3n) is 6.95. The van der Waals surface area contributed by atoms with E-state index in [2.05, 4.69) is 4.90 Å². The number of carbonyl (C=O) groups is 1. The molecule has 3 aliphatic carbocycles. The number of rotatable bonds is 1. The van der Waals surface area contributed by atoms with Crippen LogP contribution in [0.5, 0.6) is 0 Å². The van der Waals surface area contributed by atoms with Gasteiger partial charge in [-0.05, 0) is 38.5 Å². The van der Waals surface area contributed by atoms with Crippen molar-refractivity contribution in [1.29, 1.82) is 0 Å². The van der Waals surface area contributed by atoms with Crippen LogP contribution in [0.25, 0.3) is 0 Å². The van der Waals surface area contributed by atoms with E-state index in [-0.39, 0.29) is 0 Å². The molecule has 21 heavy (non-hydrogen) atoms. The average molecular weight is 289 g/mol. The van der Waals surface area contributed by atoms with Gasteiger partial charge in [0.1, 0.15) is 5.78 Å². The third-order valence-corrected chi connectivity index (χ3v) is 6.95. The minimum absolute atomic E-state index is 0.403. The number of hydrogen-bond acceptors (Lipinski definition) is 2. The Morgan fingerprint density at radius 2 is 1.10 bits per heavy atom. The Bertz CT molecular complexity index is 361. The van der Waals surface area contributed by atoms with Crippen molar-refractivity contribution in [1.82, 2.24) is 4.90 Å². The Hall–Kier alpha value is -0.370. The Labute approximate surface area is 129 Å². The van der Waals surface area contributed by atoms with Crippen molar-refractivity contribution in [2.45, 2.75) is 102 Å². The van der Waals surface area contributed by atoms with Crippen LogP contribution >= 0.6 is 0 Å². The second kappa shape index (κ2) is 6.02. The van der Waals surface area contributed by atoms with Gasteiger partial charge in [0.25, 0.3) is 0 Å². The lowest BCUT2D eigenvalue weighted by molar-refractivity contribution is -0.148. The summed E-state index contributed by atoms with van der Waals surface area (Å²) in [5.41, 5.74) is 0. The molecular formula is C19H31NO. The molecule has 0 N–H and O–H groups in total. The van der Waals surface area contributed by atoms with E-state index >= 15 is 0 Å². The standard InChI is InChI=1S/C19H31NO/c21-19-15-10-4-6-12-17(15)20(14-8-2-1-3-9-14)18-13-7-5-11-16(18)19/h14-18H,1-13H2. The molecule has 0 aromatic rings. The number of hydrogen-bond donors (Lipinski definition) is 0. The van der Waals surface area contributed by atoms with Crippen LogP contribution in [0, 0.1) is 11.8 Å². The first-order valence-corrected chi connectivity index (χ1v) is 9.67. The van der Waals surface area contributed by atoms with E-state index in [1.165, 1.54) is 83.5 Å². The molecular weight excluding hydrogens is 258 g/mol. The van der Waals surface area contributed by atoms with Gasteiger partial charge >= 0.3 is 0 Å². The first-order valence-electron chi connectivity index (χ1n) is 9.67. The summed E-state index contributed by atoms with van der Waals surface area (Å²) < 4.78 is 0.